The summed E-state index contributed by atoms with van der Waals surface area (Å²) < 4.78 is 11.5. The van der Waals surface area contributed by atoms with E-state index in [1.807, 2.05) is 32.0 Å². The van der Waals surface area contributed by atoms with Crippen molar-refractivity contribution in [2.75, 3.05) is 13.2 Å². The molecule has 1 aromatic carbocycles. The Hall–Kier alpha value is -3.16. The fourth-order valence-electron chi connectivity index (χ4n) is 3.39. The molecule has 0 aliphatic carbocycles. The van der Waals surface area contributed by atoms with Gasteiger partial charge in [-0.25, -0.2) is 0 Å². The van der Waals surface area contributed by atoms with Crippen LogP contribution in [0.2, 0.25) is 0 Å². The SMILES string of the molecule is CCCOc1ccc(C(c2c(C)[nH][nH]c2=O)c2c(C)[nH][nH]c2=O)cc1OCC. The van der Waals surface area contributed by atoms with Gasteiger partial charge < -0.3 is 19.7 Å². The van der Waals surface area contributed by atoms with Crippen LogP contribution in [0.5, 0.6) is 11.5 Å². The molecule has 0 unspecified atom stereocenters. The van der Waals surface area contributed by atoms with E-state index in [0.29, 0.717) is 47.2 Å². The molecular formula is C20H26N4O4. The topological polar surface area (TPSA) is 116 Å². The molecule has 2 aromatic heterocycles. The Kier molecular flexibility index (Phi) is 5.77. The van der Waals surface area contributed by atoms with Crippen LogP contribution in [0.25, 0.3) is 0 Å². The minimum Gasteiger partial charge on any atom is -0.490 e. The summed E-state index contributed by atoms with van der Waals surface area (Å²) in [5.74, 6) is 0.683. The number of aryl methyl sites for hydroxylation is 2. The third-order valence-electron chi connectivity index (χ3n) is 4.66. The van der Waals surface area contributed by atoms with Crippen molar-refractivity contribution in [3.63, 3.8) is 0 Å². The van der Waals surface area contributed by atoms with Crippen LogP contribution < -0.4 is 20.6 Å². The molecule has 0 aliphatic heterocycles. The quantitative estimate of drug-likeness (QED) is 0.476. The van der Waals surface area contributed by atoms with Gasteiger partial charge in [0.1, 0.15) is 0 Å². The molecule has 8 heteroatoms. The van der Waals surface area contributed by atoms with Crippen molar-refractivity contribution in [2.45, 2.75) is 40.0 Å². The van der Waals surface area contributed by atoms with Crippen molar-refractivity contribution in [3.8, 4) is 11.5 Å². The maximum Gasteiger partial charge on any atom is 0.268 e. The predicted octanol–water partition coefficient (Wildman–Crippen LogP) is 2.70. The molecule has 0 saturated heterocycles. The van der Waals surface area contributed by atoms with Gasteiger partial charge in [-0.3, -0.25) is 19.8 Å². The molecule has 150 valence electrons. The second-order valence-corrected chi connectivity index (χ2v) is 6.66. The van der Waals surface area contributed by atoms with Crippen molar-refractivity contribution in [3.05, 3.63) is 67.0 Å². The first-order valence-electron chi connectivity index (χ1n) is 9.41. The van der Waals surface area contributed by atoms with Gasteiger partial charge in [-0.15, -0.1) is 0 Å². The Morgan fingerprint density at radius 2 is 1.46 bits per heavy atom. The first-order chi connectivity index (χ1) is 13.5. The lowest BCUT2D eigenvalue weighted by Gasteiger charge is -2.19. The molecule has 3 aromatic rings. The fourth-order valence-corrected chi connectivity index (χ4v) is 3.39. The van der Waals surface area contributed by atoms with Gasteiger partial charge in [-0.1, -0.05) is 13.0 Å². The molecule has 0 saturated carbocycles. The third-order valence-corrected chi connectivity index (χ3v) is 4.66. The summed E-state index contributed by atoms with van der Waals surface area (Å²) in [6.07, 6.45) is 0.881. The molecule has 0 radical (unpaired) electrons. The van der Waals surface area contributed by atoms with Crippen molar-refractivity contribution in [1.29, 1.82) is 0 Å². The van der Waals surface area contributed by atoms with Gasteiger partial charge in [0, 0.05) is 17.3 Å². The summed E-state index contributed by atoms with van der Waals surface area (Å²) >= 11 is 0. The zero-order chi connectivity index (χ0) is 20.3. The molecule has 28 heavy (non-hydrogen) atoms. The molecule has 8 nitrogen and oxygen atoms in total. The second-order valence-electron chi connectivity index (χ2n) is 6.66. The number of rotatable bonds is 8. The summed E-state index contributed by atoms with van der Waals surface area (Å²) in [4.78, 5) is 25.1. The molecule has 0 fully saturated rings. The molecule has 0 spiro atoms. The maximum absolute atomic E-state index is 12.5. The number of hydrogen-bond acceptors (Lipinski definition) is 4. The minimum absolute atomic E-state index is 0.258. The number of hydrogen-bond donors (Lipinski definition) is 4. The summed E-state index contributed by atoms with van der Waals surface area (Å²) in [6.45, 7) is 8.60. The summed E-state index contributed by atoms with van der Waals surface area (Å²) in [6, 6.07) is 5.54. The zero-order valence-electron chi connectivity index (χ0n) is 16.6. The van der Waals surface area contributed by atoms with Crippen LogP contribution in [0.15, 0.2) is 27.8 Å². The monoisotopic (exact) mass is 386 g/mol. The van der Waals surface area contributed by atoms with Gasteiger partial charge >= 0.3 is 0 Å². The Morgan fingerprint density at radius 3 is 1.93 bits per heavy atom. The third kappa shape index (κ3) is 3.62. The van der Waals surface area contributed by atoms with Crippen molar-refractivity contribution >= 4 is 0 Å². The van der Waals surface area contributed by atoms with E-state index in [-0.39, 0.29) is 11.1 Å². The Labute approximate surface area is 162 Å². The van der Waals surface area contributed by atoms with E-state index >= 15 is 0 Å². The van der Waals surface area contributed by atoms with Crippen LogP contribution in [0, 0.1) is 13.8 Å². The van der Waals surface area contributed by atoms with E-state index in [2.05, 4.69) is 20.4 Å². The van der Waals surface area contributed by atoms with Crippen molar-refractivity contribution in [1.82, 2.24) is 20.4 Å². The van der Waals surface area contributed by atoms with Crippen LogP contribution in [0.4, 0.5) is 0 Å². The van der Waals surface area contributed by atoms with Gasteiger partial charge in [0.05, 0.1) is 24.3 Å². The standard InChI is InChI=1S/C20H26N4O4/c1-5-9-28-14-8-7-13(10-15(14)27-6-2)18(16-11(3)21-23-19(16)25)17-12(4)22-24-20(17)26/h7-8,10,18H,5-6,9H2,1-4H3,(H2,21,23,25)(H2,22,24,26). The first-order valence-corrected chi connectivity index (χ1v) is 9.41. The van der Waals surface area contributed by atoms with Gasteiger partial charge in [0.25, 0.3) is 11.1 Å². The average molecular weight is 386 g/mol. The lowest BCUT2D eigenvalue weighted by Crippen LogP contribution is -2.20. The zero-order valence-corrected chi connectivity index (χ0v) is 16.6. The maximum atomic E-state index is 12.5. The number of ether oxygens (including phenoxy) is 2. The summed E-state index contributed by atoms with van der Waals surface area (Å²) in [7, 11) is 0. The molecular weight excluding hydrogens is 360 g/mol. The van der Waals surface area contributed by atoms with Crippen LogP contribution in [0.1, 0.15) is 54.3 Å². The molecule has 0 aliphatic rings. The fraction of sp³-hybridized carbons (Fsp3) is 0.400. The highest BCUT2D eigenvalue weighted by atomic mass is 16.5. The number of aromatic amines is 4. The largest absolute Gasteiger partial charge is 0.490 e. The smallest absolute Gasteiger partial charge is 0.268 e. The Bertz CT molecular complexity index is 1000. The highest BCUT2D eigenvalue weighted by Gasteiger charge is 2.28. The lowest BCUT2D eigenvalue weighted by molar-refractivity contribution is 0.276. The van der Waals surface area contributed by atoms with E-state index in [1.54, 1.807) is 13.8 Å². The van der Waals surface area contributed by atoms with E-state index in [4.69, 9.17) is 9.47 Å². The lowest BCUT2D eigenvalue weighted by atomic mass is 9.85. The number of aromatic nitrogens is 4. The van der Waals surface area contributed by atoms with E-state index in [9.17, 15) is 9.59 Å². The molecule has 0 amide bonds. The molecule has 2 heterocycles. The summed E-state index contributed by atoms with van der Waals surface area (Å²) in [5, 5.41) is 10.9. The molecule has 0 atom stereocenters. The van der Waals surface area contributed by atoms with Crippen molar-refractivity contribution < 1.29 is 9.47 Å². The van der Waals surface area contributed by atoms with E-state index < -0.39 is 5.92 Å². The van der Waals surface area contributed by atoms with Crippen molar-refractivity contribution in [2.24, 2.45) is 0 Å². The Morgan fingerprint density at radius 1 is 0.857 bits per heavy atom. The van der Waals surface area contributed by atoms with Gasteiger partial charge in [0.2, 0.25) is 0 Å². The van der Waals surface area contributed by atoms with Gasteiger partial charge in [0.15, 0.2) is 11.5 Å². The van der Waals surface area contributed by atoms with Crippen LogP contribution in [-0.2, 0) is 0 Å². The molecule has 4 N–H and O–H groups in total. The van der Waals surface area contributed by atoms with Crippen LogP contribution in [0.3, 0.4) is 0 Å². The van der Waals surface area contributed by atoms with Crippen LogP contribution in [-0.4, -0.2) is 33.6 Å². The first kappa shape index (κ1) is 19.6. The molecule has 3 rings (SSSR count). The molecule has 0 bridgehead atoms. The highest BCUT2D eigenvalue weighted by molar-refractivity contribution is 5.50. The number of benzene rings is 1. The highest BCUT2D eigenvalue weighted by Crippen LogP contribution is 2.36. The number of nitrogens with one attached hydrogen (secondary N) is 4. The van der Waals surface area contributed by atoms with E-state index in [0.717, 1.165) is 12.0 Å². The number of H-pyrrole nitrogens is 4. The normalized spacial score (nSPS) is 11.2. The van der Waals surface area contributed by atoms with E-state index in [1.165, 1.54) is 0 Å². The summed E-state index contributed by atoms with van der Waals surface area (Å²) in [5.41, 5.74) is 2.61. The Balaban J connectivity index is 2.20. The average Bonchev–Trinajstić information content (AvgIpc) is 3.18. The predicted molar refractivity (Wildman–Crippen MR) is 107 cm³/mol. The van der Waals surface area contributed by atoms with Gasteiger partial charge in [-0.2, -0.15) is 0 Å². The minimum atomic E-state index is -0.551. The van der Waals surface area contributed by atoms with Gasteiger partial charge in [-0.05, 0) is 44.9 Å². The second kappa shape index (κ2) is 8.24. The van der Waals surface area contributed by atoms with Crippen LogP contribution >= 0.6 is 0 Å².